The fourth-order valence-electron chi connectivity index (χ4n) is 1.78. The Morgan fingerprint density at radius 1 is 1.40 bits per heavy atom. The second-order valence-corrected chi connectivity index (χ2v) is 4.38. The molecule has 1 fully saturated rings. The van der Waals surface area contributed by atoms with E-state index in [-0.39, 0.29) is 5.31 Å². The number of hydrogen-bond donors (Lipinski definition) is 7. The average Bonchev–Trinajstić information content (AvgIpc) is 2.47. The van der Waals surface area contributed by atoms with Crippen LogP contribution in [0.1, 0.15) is 0 Å². The van der Waals surface area contributed by atoms with Gasteiger partial charge in [-0.25, -0.2) is 0 Å². The highest BCUT2D eigenvalue weighted by molar-refractivity contribution is 5.92. The normalized spacial score (nSPS) is 38.2. The molecule has 0 spiro atoms. The van der Waals surface area contributed by atoms with E-state index >= 15 is 0 Å². The van der Waals surface area contributed by atoms with Crippen molar-refractivity contribution in [1.29, 1.82) is 0 Å². The van der Waals surface area contributed by atoms with Gasteiger partial charge in [0.1, 0.15) is 18.3 Å². The van der Waals surface area contributed by atoms with E-state index in [9.17, 15) is 24.9 Å². The summed E-state index contributed by atoms with van der Waals surface area (Å²) < 4.78 is 12.1. The number of aliphatic hydroxyl groups excluding tert-OH is 3. The lowest BCUT2D eigenvalue weighted by molar-refractivity contribution is -0.297. The third-order valence-corrected chi connectivity index (χ3v) is 3.03. The van der Waals surface area contributed by atoms with Crippen LogP contribution in [0, 0.1) is 0 Å². The summed E-state index contributed by atoms with van der Waals surface area (Å²) in [5.74, 6) is -4.81. The molecule has 116 valence electrons. The molecule has 1 rings (SSSR count). The van der Waals surface area contributed by atoms with Crippen LogP contribution in [0.3, 0.4) is 0 Å². The molecular weight excluding hydrogens is 274 g/mol. The first kappa shape index (κ1) is 15.3. The summed E-state index contributed by atoms with van der Waals surface area (Å²) in [7, 11) is 0. The van der Waals surface area contributed by atoms with E-state index in [1.807, 2.05) is 0 Å². The lowest BCUT2D eigenvalue weighted by Gasteiger charge is -2.45. The van der Waals surface area contributed by atoms with Crippen molar-refractivity contribution in [3.63, 3.8) is 0 Å². The van der Waals surface area contributed by atoms with Crippen LogP contribution in [-0.4, -0.2) is 82.0 Å². The van der Waals surface area contributed by atoms with E-state index < -0.39 is 61.5 Å². The molecule has 0 aromatic heterocycles. The number of ether oxygens (including phenoxy) is 1. The first-order valence-electron chi connectivity index (χ1n) is 6.29. The molecule has 1 heterocycles. The van der Waals surface area contributed by atoms with Crippen molar-refractivity contribution >= 4 is 11.7 Å². The zero-order chi connectivity index (χ0) is 16.4. The zero-order valence-corrected chi connectivity index (χ0v) is 10.5. The largest absolute Gasteiger partial charge is 0.394 e. The van der Waals surface area contributed by atoms with Gasteiger partial charge in [0, 0.05) is 0 Å². The number of rotatable bonds is 5. The average molecular weight is 294 g/mol. The Labute approximate surface area is 115 Å². The van der Waals surface area contributed by atoms with Gasteiger partial charge in [0.25, 0.3) is 0 Å². The summed E-state index contributed by atoms with van der Waals surface area (Å²) in [6, 6.07) is -1.72. The number of Topliss-reactive ketones (excluding diaryl/α,β-unsaturated/α-hetero) is 1. The molecule has 1 saturated heterocycles. The number of ketones is 1. The molecule has 0 aromatic carbocycles. The van der Waals surface area contributed by atoms with E-state index in [1.165, 1.54) is 0 Å². The number of carbonyl (C=O) groups is 2. The molecule has 0 saturated carbocycles. The molecular formula is C10H19N3O7. The van der Waals surface area contributed by atoms with Crippen LogP contribution in [0.2, 0.25) is 1.41 Å². The first-order chi connectivity index (χ1) is 9.68. The zero-order valence-electron chi connectivity index (χ0n) is 11.5. The number of nitrogens with two attached hydrogens (primary N) is 2. The van der Waals surface area contributed by atoms with Gasteiger partial charge >= 0.3 is 0 Å². The summed E-state index contributed by atoms with van der Waals surface area (Å²) in [4.78, 5) is 23.1. The van der Waals surface area contributed by atoms with Crippen LogP contribution in [0.25, 0.3) is 0 Å². The lowest BCUT2D eigenvalue weighted by atomic mass is 9.88. The highest BCUT2D eigenvalue weighted by atomic mass is 16.7. The van der Waals surface area contributed by atoms with Crippen molar-refractivity contribution in [2.75, 3.05) is 19.7 Å². The summed E-state index contributed by atoms with van der Waals surface area (Å²) in [5.41, 5.74) is 10.5. The number of aliphatic hydroxyl groups is 4. The van der Waals surface area contributed by atoms with E-state index in [0.717, 1.165) is 0 Å². The van der Waals surface area contributed by atoms with Crippen molar-refractivity contribution in [1.82, 2.24) is 5.31 Å². The van der Waals surface area contributed by atoms with Crippen LogP contribution in [-0.2, 0) is 14.3 Å². The molecule has 5 atom stereocenters. The maximum Gasteiger partial charge on any atom is 0.247 e. The van der Waals surface area contributed by atoms with Gasteiger partial charge in [-0.15, -0.1) is 0 Å². The molecule has 0 radical (unpaired) electrons. The van der Waals surface area contributed by atoms with Crippen molar-refractivity contribution in [3.8, 4) is 0 Å². The van der Waals surface area contributed by atoms with Crippen LogP contribution in [0.15, 0.2) is 0 Å². The number of nitrogens with one attached hydrogen (secondary N) is 1. The van der Waals surface area contributed by atoms with Crippen molar-refractivity contribution < 1.29 is 36.2 Å². The predicted octanol–water partition coefficient (Wildman–Crippen LogP) is -5.24. The van der Waals surface area contributed by atoms with Gasteiger partial charge in [0.05, 0.1) is 25.7 Å². The monoisotopic (exact) mass is 294 g/mol. The third-order valence-electron chi connectivity index (χ3n) is 3.03. The molecule has 1 unspecified atom stereocenters. The van der Waals surface area contributed by atoms with Gasteiger partial charge in [0.2, 0.25) is 17.5 Å². The van der Waals surface area contributed by atoms with E-state index in [2.05, 4.69) is 0 Å². The topological polar surface area (TPSA) is 188 Å². The van der Waals surface area contributed by atoms with E-state index in [4.69, 9.17) is 22.7 Å². The molecule has 9 N–H and O–H groups in total. The Hall–Kier alpha value is -1.14. The second-order valence-electron chi connectivity index (χ2n) is 4.38. The summed E-state index contributed by atoms with van der Waals surface area (Å²) in [6.45, 7) is -2.18. The Morgan fingerprint density at radius 2 is 2.00 bits per heavy atom. The minimum absolute atomic E-state index is 0.210. The molecule has 0 aliphatic carbocycles. The fourth-order valence-corrected chi connectivity index (χ4v) is 1.78. The van der Waals surface area contributed by atoms with Gasteiger partial charge in [0.15, 0.2) is 1.41 Å². The summed E-state index contributed by atoms with van der Waals surface area (Å²) in [5, 5.41) is 38.7. The number of hydrogen-bond acceptors (Lipinski definition) is 9. The SMILES string of the molecule is [2H]N(CC(=O)C1(O)O[C@H](CO)[C@H](O)[C@H](O)[C@H]1N)C(=O)CN. The Bertz CT molecular complexity index is 410. The molecule has 1 aliphatic rings. The van der Waals surface area contributed by atoms with E-state index in [0.29, 0.717) is 0 Å². The second kappa shape index (κ2) is 6.54. The van der Waals surface area contributed by atoms with Crippen LogP contribution in [0.4, 0.5) is 0 Å². The van der Waals surface area contributed by atoms with Crippen LogP contribution < -0.4 is 16.8 Å². The molecule has 0 aromatic rings. The minimum Gasteiger partial charge on any atom is -0.394 e. The Kier molecular flexibility index (Phi) is 4.99. The van der Waals surface area contributed by atoms with Crippen molar-refractivity contribution in [3.05, 3.63) is 0 Å². The molecule has 20 heavy (non-hydrogen) atoms. The highest BCUT2D eigenvalue weighted by Crippen LogP contribution is 2.27. The lowest BCUT2D eigenvalue weighted by Crippen LogP contribution is -2.72. The quantitative estimate of drug-likeness (QED) is 0.260. The van der Waals surface area contributed by atoms with Gasteiger partial charge < -0.3 is 41.9 Å². The third kappa shape index (κ3) is 3.12. The highest BCUT2D eigenvalue weighted by Gasteiger charge is 2.55. The number of amides is 1. The van der Waals surface area contributed by atoms with E-state index in [1.54, 1.807) is 0 Å². The maximum absolute atomic E-state index is 12.0. The van der Waals surface area contributed by atoms with Crippen LogP contribution in [0.5, 0.6) is 0 Å². The Balaban J connectivity index is 2.91. The molecule has 1 aliphatic heterocycles. The first-order valence-corrected chi connectivity index (χ1v) is 5.84. The van der Waals surface area contributed by atoms with Gasteiger partial charge in [-0.05, 0) is 0 Å². The predicted molar refractivity (Wildman–Crippen MR) is 64.0 cm³/mol. The fraction of sp³-hybridized carbons (Fsp3) is 0.800. The standard InChI is InChI=1S/C10H19N3O7/c11-1-6(16)13-2-5(15)10(19)9(12)8(18)7(17)4(3-14)20-10/h4,7-9,14,17-19H,1-3,11-12H2,(H,13,16)/t4-,7+,8+,9-,10?/m1/s1/i/hD. The number of carbonyl (C=O) groups excluding carboxylic acids is 2. The van der Waals surface area contributed by atoms with Gasteiger partial charge in [-0.1, -0.05) is 0 Å². The summed E-state index contributed by atoms with van der Waals surface area (Å²) in [6.07, 6.45) is -4.79. The minimum atomic E-state index is -2.75. The maximum atomic E-state index is 12.0. The summed E-state index contributed by atoms with van der Waals surface area (Å²) >= 11 is 0. The molecule has 1 amide bonds. The molecule has 10 nitrogen and oxygen atoms in total. The Morgan fingerprint density at radius 3 is 2.50 bits per heavy atom. The van der Waals surface area contributed by atoms with Crippen molar-refractivity contribution in [2.24, 2.45) is 11.5 Å². The smallest absolute Gasteiger partial charge is 0.247 e. The van der Waals surface area contributed by atoms with Crippen LogP contribution >= 0.6 is 0 Å². The van der Waals surface area contributed by atoms with Crippen molar-refractivity contribution in [2.45, 2.75) is 30.1 Å². The molecule has 0 bridgehead atoms. The molecule has 10 heteroatoms. The van der Waals surface area contributed by atoms with Gasteiger partial charge in [-0.3, -0.25) is 9.59 Å². The van der Waals surface area contributed by atoms with Gasteiger partial charge in [-0.2, -0.15) is 0 Å².